The van der Waals surface area contributed by atoms with E-state index < -0.39 is 5.56 Å². The number of phenolic OH excluding ortho intramolecular Hbond substituents is 1. The first-order chi connectivity index (χ1) is 9.63. The highest BCUT2D eigenvalue weighted by Crippen LogP contribution is 2.15. The smallest absolute Gasteiger partial charge is 0.278 e. The lowest BCUT2D eigenvalue weighted by atomic mass is 10.2. The van der Waals surface area contributed by atoms with Crippen LogP contribution in [0.4, 0.5) is 11.9 Å². The SMILES string of the molecule is Nc1nc2nc(N=Cc3ccccc3O)[nH]c2c(=O)[nH]1. The van der Waals surface area contributed by atoms with Crippen LogP contribution in [0.25, 0.3) is 11.2 Å². The molecule has 8 nitrogen and oxygen atoms in total. The number of aromatic hydroxyl groups is 1. The zero-order valence-corrected chi connectivity index (χ0v) is 10.2. The van der Waals surface area contributed by atoms with E-state index in [0.717, 1.165) is 0 Å². The minimum atomic E-state index is -0.413. The molecule has 3 aromatic rings. The molecule has 5 N–H and O–H groups in total. The fourth-order valence-corrected chi connectivity index (χ4v) is 1.70. The third-order valence-electron chi connectivity index (χ3n) is 2.63. The summed E-state index contributed by atoms with van der Waals surface area (Å²) >= 11 is 0. The van der Waals surface area contributed by atoms with Crippen LogP contribution in [-0.4, -0.2) is 31.3 Å². The highest BCUT2D eigenvalue weighted by Gasteiger charge is 2.07. The molecule has 0 aliphatic rings. The zero-order valence-electron chi connectivity index (χ0n) is 10.2. The monoisotopic (exact) mass is 270 g/mol. The Bertz CT molecular complexity index is 864. The number of nitrogen functional groups attached to an aromatic ring is 1. The molecule has 0 aliphatic carbocycles. The highest BCUT2D eigenvalue weighted by molar-refractivity contribution is 5.85. The van der Waals surface area contributed by atoms with Crippen molar-refractivity contribution in [2.45, 2.75) is 0 Å². The van der Waals surface area contributed by atoms with E-state index in [-0.39, 0.29) is 28.8 Å². The molecule has 1 aromatic carbocycles. The summed E-state index contributed by atoms with van der Waals surface area (Å²) in [5.74, 6) is 0.296. The number of fused-ring (bicyclic) bond motifs is 1. The van der Waals surface area contributed by atoms with Crippen LogP contribution < -0.4 is 11.3 Å². The predicted molar refractivity (Wildman–Crippen MR) is 74.3 cm³/mol. The third-order valence-corrected chi connectivity index (χ3v) is 2.63. The molecule has 0 saturated carbocycles. The number of nitrogens with one attached hydrogen (secondary N) is 2. The van der Waals surface area contributed by atoms with Crippen molar-refractivity contribution >= 4 is 29.3 Å². The van der Waals surface area contributed by atoms with E-state index >= 15 is 0 Å². The number of benzene rings is 1. The molecule has 0 amide bonds. The van der Waals surface area contributed by atoms with E-state index in [0.29, 0.717) is 5.56 Å². The molecule has 2 aromatic heterocycles. The van der Waals surface area contributed by atoms with Crippen LogP contribution in [0.15, 0.2) is 34.1 Å². The van der Waals surface area contributed by atoms with Gasteiger partial charge in [0.2, 0.25) is 11.9 Å². The Hall–Kier alpha value is -3.16. The molecule has 20 heavy (non-hydrogen) atoms. The number of phenols is 1. The number of H-pyrrole nitrogens is 2. The maximum Gasteiger partial charge on any atom is 0.278 e. The molecule has 3 rings (SSSR count). The molecule has 0 bridgehead atoms. The Morgan fingerprint density at radius 2 is 2.05 bits per heavy atom. The number of anilines is 1. The number of hydrogen-bond acceptors (Lipinski definition) is 6. The first kappa shape index (κ1) is 11.9. The zero-order chi connectivity index (χ0) is 14.1. The van der Waals surface area contributed by atoms with Crippen molar-refractivity contribution in [2.75, 3.05) is 5.73 Å². The first-order valence-corrected chi connectivity index (χ1v) is 5.71. The van der Waals surface area contributed by atoms with Gasteiger partial charge < -0.3 is 15.8 Å². The van der Waals surface area contributed by atoms with Gasteiger partial charge in [0.15, 0.2) is 11.2 Å². The Morgan fingerprint density at radius 3 is 2.85 bits per heavy atom. The second-order valence-electron chi connectivity index (χ2n) is 4.03. The third kappa shape index (κ3) is 2.09. The minimum absolute atomic E-state index is 0.00904. The van der Waals surface area contributed by atoms with Crippen LogP contribution in [0, 0.1) is 0 Å². The van der Waals surface area contributed by atoms with Crippen molar-refractivity contribution in [1.29, 1.82) is 0 Å². The van der Waals surface area contributed by atoms with Crippen LogP contribution in [0.2, 0.25) is 0 Å². The van der Waals surface area contributed by atoms with Gasteiger partial charge in [-0.3, -0.25) is 9.78 Å². The maximum atomic E-state index is 11.6. The van der Waals surface area contributed by atoms with Crippen LogP contribution >= 0.6 is 0 Å². The van der Waals surface area contributed by atoms with Crippen molar-refractivity contribution in [3.63, 3.8) is 0 Å². The van der Waals surface area contributed by atoms with E-state index in [1.54, 1.807) is 24.3 Å². The average Bonchev–Trinajstić information content (AvgIpc) is 2.81. The molecule has 0 aliphatic heterocycles. The fraction of sp³-hybridized carbons (Fsp3) is 0. The van der Waals surface area contributed by atoms with Gasteiger partial charge in [0, 0.05) is 11.8 Å². The number of imidazole rings is 1. The van der Waals surface area contributed by atoms with Crippen LogP contribution in [-0.2, 0) is 0 Å². The number of aromatic amines is 2. The van der Waals surface area contributed by atoms with Crippen molar-refractivity contribution in [3.8, 4) is 5.75 Å². The Labute approximate surface area is 112 Å². The topological polar surface area (TPSA) is 133 Å². The van der Waals surface area contributed by atoms with Crippen molar-refractivity contribution in [1.82, 2.24) is 19.9 Å². The highest BCUT2D eigenvalue weighted by atomic mass is 16.3. The van der Waals surface area contributed by atoms with Gasteiger partial charge in [-0.25, -0.2) is 4.99 Å². The first-order valence-electron chi connectivity index (χ1n) is 5.71. The molecular weight excluding hydrogens is 260 g/mol. The van der Waals surface area contributed by atoms with Gasteiger partial charge in [-0.1, -0.05) is 12.1 Å². The van der Waals surface area contributed by atoms with Gasteiger partial charge in [0.05, 0.1) is 0 Å². The second kappa shape index (κ2) is 4.50. The lowest BCUT2D eigenvalue weighted by Gasteiger charge is -1.95. The van der Waals surface area contributed by atoms with Crippen LogP contribution in [0.5, 0.6) is 5.75 Å². The fourth-order valence-electron chi connectivity index (χ4n) is 1.70. The lowest BCUT2D eigenvalue weighted by molar-refractivity contribution is 0.474. The van der Waals surface area contributed by atoms with E-state index in [1.165, 1.54) is 6.21 Å². The number of aliphatic imine (C=N–C) groups is 1. The van der Waals surface area contributed by atoms with Gasteiger partial charge in [0.1, 0.15) is 5.75 Å². The Morgan fingerprint density at radius 1 is 1.25 bits per heavy atom. The summed E-state index contributed by atoms with van der Waals surface area (Å²) in [6, 6.07) is 6.73. The predicted octanol–water partition coefficient (Wildman–Crippen LogP) is 0.685. The lowest BCUT2D eigenvalue weighted by Crippen LogP contribution is -2.10. The van der Waals surface area contributed by atoms with Crippen molar-refractivity contribution < 1.29 is 5.11 Å². The number of nitrogens with two attached hydrogens (primary N) is 1. The molecule has 0 radical (unpaired) electrons. The number of hydrogen-bond donors (Lipinski definition) is 4. The van der Waals surface area contributed by atoms with E-state index in [9.17, 15) is 9.90 Å². The quantitative estimate of drug-likeness (QED) is 0.508. The molecule has 8 heteroatoms. The molecule has 0 spiro atoms. The van der Waals surface area contributed by atoms with E-state index in [2.05, 4.69) is 24.9 Å². The van der Waals surface area contributed by atoms with Gasteiger partial charge in [-0.15, -0.1) is 0 Å². The largest absolute Gasteiger partial charge is 0.507 e. The standard InChI is InChI=1S/C12H10N6O2/c13-11-16-9-8(10(20)18-11)15-12(17-9)14-5-6-3-1-2-4-7(6)19/h1-5,19H,(H4,13,15,16,17,18,20). The second-order valence-corrected chi connectivity index (χ2v) is 4.03. The summed E-state index contributed by atoms with van der Waals surface area (Å²) in [5.41, 5.74) is 5.94. The molecule has 100 valence electrons. The normalized spacial score (nSPS) is 11.4. The molecule has 2 heterocycles. The van der Waals surface area contributed by atoms with Crippen LogP contribution in [0.1, 0.15) is 5.56 Å². The van der Waals surface area contributed by atoms with E-state index in [1.807, 2.05) is 0 Å². The Kier molecular flexibility index (Phi) is 2.68. The van der Waals surface area contributed by atoms with Gasteiger partial charge in [-0.2, -0.15) is 9.97 Å². The van der Waals surface area contributed by atoms with Crippen molar-refractivity contribution in [2.24, 2.45) is 4.99 Å². The number of rotatable bonds is 2. The maximum absolute atomic E-state index is 11.6. The Balaban J connectivity index is 2.02. The number of para-hydroxylation sites is 1. The molecular formula is C12H10N6O2. The van der Waals surface area contributed by atoms with Gasteiger partial charge in [-0.05, 0) is 12.1 Å². The average molecular weight is 270 g/mol. The summed E-state index contributed by atoms with van der Waals surface area (Å²) in [6.07, 6.45) is 1.44. The summed E-state index contributed by atoms with van der Waals surface area (Å²) in [5, 5.41) is 9.60. The number of aromatic nitrogens is 4. The minimum Gasteiger partial charge on any atom is -0.507 e. The molecule has 0 atom stereocenters. The van der Waals surface area contributed by atoms with E-state index in [4.69, 9.17) is 5.73 Å². The van der Waals surface area contributed by atoms with Crippen molar-refractivity contribution in [3.05, 3.63) is 40.2 Å². The van der Waals surface area contributed by atoms with Crippen LogP contribution in [0.3, 0.4) is 0 Å². The summed E-state index contributed by atoms with van der Waals surface area (Å²) in [7, 11) is 0. The molecule has 0 fully saturated rings. The molecule has 0 saturated heterocycles. The molecule has 0 unspecified atom stereocenters. The summed E-state index contributed by atoms with van der Waals surface area (Å²) < 4.78 is 0. The number of nitrogens with zero attached hydrogens (tertiary/aromatic N) is 3. The summed E-state index contributed by atoms with van der Waals surface area (Å²) in [4.78, 5) is 28.7. The van der Waals surface area contributed by atoms with Gasteiger partial charge >= 0.3 is 0 Å². The summed E-state index contributed by atoms with van der Waals surface area (Å²) in [6.45, 7) is 0. The van der Waals surface area contributed by atoms with Gasteiger partial charge in [0.25, 0.3) is 5.56 Å².